The molecule has 1 saturated carbocycles. The summed E-state index contributed by atoms with van der Waals surface area (Å²) in [5.41, 5.74) is 3.70. The van der Waals surface area contributed by atoms with E-state index in [9.17, 15) is 14.4 Å². The minimum absolute atomic E-state index is 0.0701. The van der Waals surface area contributed by atoms with E-state index in [0.717, 1.165) is 6.42 Å². The molecule has 1 heterocycles. The Kier molecular flexibility index (Phi) is 2.57. The maximum Gasteiger partial charge on any atom is 0.326 e. The van der Waals surface area contributed by atoms with Crippen molar-refractivity contribution in [3.05, 3.63) is 26.5 Å². The van der Waals surface area contributed by atoms with E-state index in [2.05, 4.69) is 4.98 Å². The SMILES string of the molecule is CN(C(=O)c1[nH]c(=O)[nH]c(=O)c1N)C1CC1(C)C. The van der Waals surface area contributed by atoms with Gasteiger partial charge >= 0.3 is 5.69 Å². The average molecular weight is 252 g/mol. The highest BCUT2D eigenvalue weighted by Gasteiger charge is 2.50. The number of nitrogens with two attached hydrogens (primary N) is 1. The highest BCUT2D eigenvalue weighted by atomic mass is 16.2. The topological polar surface area (TPSA) is 112 Å². The van der Waals surface area contributed by atoms with E-state index < -0.39 is 17.2 Å². The van der Waals surface area contributed by atoms with E-state index in [0.29, 0.717) is 0 Å². The number of hydrogen-bond donors (Lipinski definition) is 3. The lowest BCUT2D eigenvalue weighted by Gasteiger charge is -2.19. The van der Waals surface area contributed by atoms with Crippen molar-refractivity contribution in [2.75, 3.05) is 12.8 Å². The van der Waals surface area contributed by atoms with Gasteiger partial charge in [-0.3, -0.25) is 14.6 Å². The van der Waals surface area contributed by atoms with Crippen molar-refractivity contribution in [3.63, 3.8) is 0 Å². The Bertz CT molecular complexity index is 613. The molecule has 7 nitrogen and oxygen atoms in total. The van der Waals surface area contributed by atoms with Gasteiger partial charge in [0.15, 0.2) is 0 Å². The molecule has 1 aliphatic carbocycles. The molecule has 1 aliphatic rings. The Labute approximate surface area is 103 Å². The zero-order valence-electron chi connectivity index (χ0n) is 10.5. The number of nitrogens with zero attached hydrogens (tertiary/aromatic N) is 1. The molecule has 0 aliphatic heterocycles. The Morgan fingerprint density at radius 1 is 1.39 bits per heavy atom. The summed E-state index contributed by atoms with van der Waals surface area (Å²) in [4.78, 5) is 40.4. The average Bonchev–Trinajstić information content (AvgIpc) is 2.91. The highest BCUT2D eigenvalue weighted by Crippen LogP contribution is 2.48. The minimum atomic E-state index is -0.745. The van der Waals surface area contributed by atoms with E-state index in [4.69, 9.17) is 5.73 Å². The van der Waals surface area contributed by atoms with E-state index >= 15 is 0 Å². The molecule has 2 rings (SSSR count). The first-order valence-electron chi connectivity index (χ1n) is 5.63. The highest BCUT2D eigenvalue weighted by molar-refractivity contribution is 5.97. The van der Waals surface area contributed by atoms with Crippen molar-refractivity contribution in [1.82, 2.24) is 14.9 Å². The predicted molar refractivity (Wildman–Crippen MR) is 66.4 cm³/mol. The van der Waals surface area contributed by atoms with Gasteiger partial charge in [0, 0.05) is 13.1 Å². The quantitative estimate of drug-likeness (QED) is 0.659. The van der Waals surface area contributed by atoms with Gasteiger partial charge in [0.05, 0.1) is 0 Å². The number of amides is 1. The first kappa shape index (κ1) is 12.4. The van der Waals surface area contributed by atoms with Crippen molar-refractivity contribution in [1.29, 1.82) is 0 Å². The molecule has 7 heteroatoms. The van der Waals surface area contributed by atoms with Gasteiger partial charge in [-0.2, -0.15) is 0 Å². The monoisotopic (exact) mass is 252 g/mol. The van der Waals surface area contributed by atoms with Crippen molar-refractivity contribution < 1.29 is 4.79 Å². The molecule has 0 radical (unpaired) electrons. The molecule has 0 spiro atoms. The van der Waals surface area contributed by atoms with Crippen LogP contribution in [0.25, 0.3) is 0 Å². The summed E-state index contributed by atoms with van der Waals surface area (Å²) in [6.45, 7) is 4.09. The largest absolute Gasteiger partial charge is 0.392 e. The van der Waals surface area contributed by atoms with Crippen LogP contribution in [0.3, 0.4) is 0 Å². The number of anilines is 1. The fourth-order valence-corrected chi connectivity index (χ4v) is 2.08. The summed E-state index contributed by atoms with van der Waals surface area (Å²) in [7, 11) is 1.64. The van der Waals surface area contributed by atoms with Crippen molar-refractivity contribution >= 4 is 11.6 Å². The third-order valence-corrected chi connectivity index (χ3v) is 3.44. The lowest BCUT2D eigenvalue weighted by atomic mass is 10.2. The number of carbonyl (C=O) groups is 1. The molecule has 1 unspecified atom stereocenters. The Balaban J connectivity index is 2.35. The van der Waals surface area contributed by atoms with Gasteiger partial charge in [-0.25, -0.2) is 4.79 Å². The molecule has 1 amide bonds. The summed E-state index contributed by atoms with van der Waals surface area (Å²) in [6.07, 6.45) is 0.891. The maximum absolute atomic E-state index is 12.2. The lowest BCUT2D eigenvalue weighted by molar-refractivity contribution is 0.0763. The van der Waals surface area contributed by atoms with Gasteiger partial charge < -0.3 is 15.6 Å². The summed E-state index contributed by atoms with van der Waals surface area (Å²) in [5.74, 6) is -0.439. The van der Waals surface area contributed by atoms with Gasteiger partial charge in [0.1, 0.15) is 11.4 Å². The van der Waals surface area contributed by atoms with E-state index in [-0.39, 0.29) is 22.8 Å². The second kappa shape index (κ2) is 3.72. The van der Waals surface area contributed by atoms with Gasteiger partial charge in [-0.05, 0) is 11.8 Å². The number of nitrogens with one attached hydrogen (secondary N) is 2. The number of nitrogen functional groups attached to an aromatic ring is 1. The third kappa shape index (κ3) is 1.92. The number of carbonyl (C=O) groups excluding carboxylic acids is 1. The van der Waals surface area contributed by atoms with Crippen molar-refractivity contribution in [2.24, 2.45) is 5.41 Å². The summed E-state index contributed by atoms with van der Waals surface area (Å²) in [6, 6.07) is 0.104. The molecule has 1 aromatic heterocycles. The molecule has 1 fully saturated rings. The molecule has 0 aromatic carbocycles. The van der Waals surface area contributed by atoms with Crippen LogP contribution < -0.4 is 17.0 Å². The normalized spacial score (nSPS) is 20.5. The van der Waals surface area contributed by atoms with Crippen LogP contribution in [-0.2, 0) is 0 Å². The molecular formula is C11H16N4O3. The van der Waals surface area contributed by atoms with E-state index in [1.54, 1.807) is 7.05 Å². The maximum atomic E-state index is 12.2. The first-order chi connectivity index (χ1) is 8.24. The number of aromatic amines is 2. The summed E-state index contributed by atoms with van der Waals surface area (Å²) >= 11 is 0. The molecule has 1 aromatic rings. The molecule has 1 atom stereocenters. The predicted octanol–water partition coefficient (Wildman–Crippen LogP) is -0.484. The standard InChI is InChI=1S/C11H16N4O3/c1-11(2)4-5(11)15(3)9(17)7-6(12)8(16)14-10(18)13-7/h5H,4,12H2,1-3H3,(H2,13,14,16,18). The van der Waals surface area contributed by atoms with Gasteiger partial charge in [-0.1, -0.05) is 13.8 Å². The lowest BCUT2D eigenvalue weighted by Crippen LogP contribution is -2.36. The molecule has 0 saturated heterocycles. The summed E-state index contributed by atoms with van der Waals surface area (Å²) in [5, 5.41) is 0. The molecule has 4 N–H and O–H groups in total. The zero-order chi connectivity index (χ0) is 13.7. The fourth-order valence-electron chi connectivity index (χ4n) is 2.08. The van der Waals surface area contributed by atoms with Crippen molar-refractivity contribution in [2.45, 2.75) is 26.3 Å². The summed E-state index contributed by atoms with van der Waals surface area (Å²) < 4.78 is 0. The second-order valence-corrected chi connectivity index (χ2v) is 5.32. The third-order valence-electron chi connectivity index (χ3n) is 3.44. The number of H-pyrrole nitrogens is 2. The van der Waals surface area contributed by atoms with Gasteiger partial charge in [-0.15, -0.1) is 0 Å². The zero-order valence-corrected chi connectivity index (χ0v) is 10.5. The van der Waals surface area contributed by atoms with Crippen LogP contribution in [0.4, 0.5) is 5.69 Å². The van der Waals surface area contributed by atoms with Crippen LogP contribution in [0.15, 0.2) is 9.59 Å². The van der Waals surface area contributed by atoms with Crippen LogP contribution in [0.2, 0.25) is 0 Å². The molecule has 0 bridgehead atoms. The number of aromatic nitrogens is 2. The van der Waals surface area contributed by atoms with Gasteiger partial charge in [0.2, 0.25) is 0 Å². The first-order valence-corrected chi connectivity index (χ1v) is 5.63. The Hall–Kier alpha value is -2.05. The second-order valence-electron chi connectivity index (χ2n) is 5.32. The smallest absolute Gasteiger partial charge is 0.326 e. The Morgan fingerprint density at radius 2 is 1.94 bits per heavy atom. The number of rotatable bonds is 2. The van der Waals surface area contributed by atoms with Gasteiger partial charge in [0.25, 0.3) is 11.5 Å². The fraction of sp³-hybridized carbons (Fsp3) is 0.545. The molecular weight excluding hydrogens is 236 g/mol. The van der Waals surface area contributed by atoms with Crippen LogP contribution in [-0.4, -0.2) is 33.9 Å². The Morgan fingerprint density at radius 3 is 2.44 bits per heavy atom. The van der Waals surface area contributed by atoms with Crippen molar-refractivity contribution in [3.8, 4) is 0 Å². The molecule has 98 valence electrons. The van der Waals surface area contributed by atoms with E-state index in [1.165, 1.54) is 4.90 Å². The van der Waals surface area contributed by atoms with E-state index in [1.807, 2.05) is 18.8 Å². The molecule has 18 heavy (non-hydrogen) atoms. The number of hydrogen-bond acceptors (Lipinski definition) is 4. The van der Waals surface area contributed by atoms with Crippen LogP contribution in [0.1, 0.15) is 30.8 Å². The van der Waals surface area contributed by atoms with Crippen LogP contribution >= 0.6 is 0 Å². The van der Waals surface area contributed by atoms with Crippen LogP contribution in [0.5, 0.6) is 0 Å². The van der Waals surface area contributed by atoms with Crippen LogP contribution in [0, 0.1) is 5.41 Å². The minimum Gasteiger partial charge on any atom is -0.392 e.